The minimum Gasteiger partial charge on any atom is -0.480 e. The van der Waals surface area contributed by atoms with E-state index < -0.39 is 0 Å². The molecule has 0 aliphatic rings. The van der Waals surface area contributed by atoms with Crippen molar-refractivity contribution in [2.45, 2.75) is 6.54 Å². The summed E-state index contributed by atoms with van der Waals surface area (Å²) in [6, 6.07) is 3.58. The zero-order chi connectivity index (χ0) is 14.7. The van der Waals surface area contributed by atoms with Crippen LogP contribution in [0.15, 0.2) is 36.1 Å². The molecule has 0 unspecified atom stereocenters. The number of ether oxygens (including phenoxy) is 1. The molecular weight excluding hydrogens is 290 g/mol. The molecule has 108 valence electrons. The summed E-state index contributed by atoms with van der Waals surface area (Å²) in [6.45, 7) is 0.277. The molecule has 0 fully saturated rings. The van der Waals surface area contributed by atoms with Crippen LogP contribution in [-0.2, 0) is 11.3 Å². The normalized spacial score (nSPS) is 10.7. The number of rotatable bonds is 5. The molecule has 3 rings (SSSR count). The molecular formula is C13H13N5O2S. The SMILES string of the molecule is NCc1cnc2c(OCC(=O)Nc3nccs3)cccn12. The summed E-state index contributed by atoms with van der Waals surface area (Å²) in [7, 11) is 0. The number of aromatic nitrogens is 3. The fourth-order valence-electron chi connectivity index (χ4n) is 1.88. The molecule has 0 spiro atoms. The first-order valence-corrected chi connectivity index (χ1v) is 7.13. The van der Waals surface area contributed by atoms with Crippen LogP contribution in [0.4, 0.5) is 5.13 Å². The molecule has 0 saturated carbocycles. The van der Waals surface area contributed by atoms with Crippen molar-refractivity contribution in [2.75, 3.05) is 11.9 Å². The van der Waals surface area contributed by atoms with Gasteiger partial charge in [0.1, 0.15) is 0 Å². The summed E-state index contributed by atoms with van der Waals surface area (Å²) in [5.41, 5.74) is 7.15. The topological polar surface area (TPSA) is 94.5 Å². The van der Waals surface area contributed by atoms with Gasteiger partial charge in [0, 0.05) is 24.3 Å². The lowest BCUT2D eigenvalue weighted by Gasteiger charge is -2.07. The van der Waals surface area contributed by atoms with Crippen molar-refractivity contribution in [1.29, 1.82) is 0 Å². The highest BCUT2D eigenvalue weighted by atomic mass is 32.1. The monoisotopic (exact) mass is 303 g/mol. The van der Waals surface area contributed by atoms with Crippen molar-refractivity contribution in [3.63, 3.8) is 0 Å². The highest BCUT2D eigenvalue weighted by molar-refractivity contribution is 7.13. The van der Waals surface area contributed by atoms with Crippen LogP contribution in [0.1, 0.15) is 5.69 Å². The average molecular weight is 303 g/mol. The Kier molecular flexibility index (Phi) is 3.80. The van der Waals surface area contributed by atoms with Gasteiger partial charge in [-0.25, -0.2) is 9.97 Å². The standard InChI is InChI=1S/C13H13N5O2S/c14-6-9-7-16-12-10(2-1-4-18(9)12)20-8-11(19)17-13-15-3-5-21-13/h1-5,7H,6,8,14H2,(H,15,17,19). The fourth-order valence-corrected chi connectivity index (χ4v) is 2.43. The van der Waals surface area contributed by atoms with Crippen LogP contribution in [0.25, 0.3) is 5.65 Å². The second-order valence-electron chi connectivity index (χ2n) is 4.19. The van der Waals surface area contributed by atoms with Crippen LogP contribution in [0.3, 0.4) is 0 Å². The van der Waals surface area contributed by atoms with Gasteiger partial charge >= 0.3 is 0 Å². The number of nitrogens with one attached hydrogen (secondary N) is 1. The van der Waals surface area contributed by atoms with Gasteiger partial charge in [-0.1, -0.05) is 0 Å². The van der Waals surface area contributed by atoms with Crippen molar-refractivity contribution in [1.82, 2.24) is 14.4 Å². The highest BCUT2D eigenvalue weighted by Crippen LogP contribution is 2.19. The number of carbonyl (C=O) groups is 1. The molecule has 3 aromatic rings. The largest absolute Gasteiger partial charge is 0.480 e. The Morgan fingerprint density at radius 2 is 2.38 bits per heavy atom. The molecule has 3 N–H and O–H groups in total. The van der Waals surface area contributed by atoms with Crippen molar-refractivity contribution < 1.29 is 9.53 Å². The molecule has 0 radical (unpaired) electrons. The van der Waals surface area contributed by atoms with Gasteiger partial charge in [-0.2, -0.15) is 0 Å². The van der Waals surface area contributed by atoms with E-state index in [9.17, 15) is 4.79 Å². The van der Waals surface area contributed by atoms with Gasteiger partial charge in [0.25, 0.3) is 5.91 Å². The van der Waals surface area contributed by atoms with Crippen molar-refractivity contribution >= 4 is 28.0 Å². The van der Waals surface area contributed by atoms with Crippen LogP contribution in [0.5, 0.6) is 5.75 Å². The second-order valence-corrected chi connectivity index (χ2v) is 5.09. The van der Waals surface area contributed by atoms with Crippen molar-refractivity contribution in [2.24, 2.45) is 5.73 Å². The van der Waals surface area contributed by atoms with Crippen molar-refractivity contribution in [3.05, 3.63) is 41.8 Å². The predicted molar refractivity (Wildman–Crippen MR) is 79.3 cm³/mol. The third-order valence-corrected chi connectivity index (χ3v) is 3.51. The number of hydrogen-bond donors (Lipinski definition) is 2. The number of pyridine rings is 1. The van der Waals surface area contributed by atoms with Gasteiger partial charge in [-0.05, 0) is 12.1 Å². The first-order valence-electron chi connectivity index (χ1n) is 6.25. The number of carbonyl (C=O) groups excluding carboxylic acids is 1. The smallest absolute Gasteiger partial charge is 0.264 e. The summed E-state index contributed by atoms with van der Waals surface area (Å²) in [4.78, 5) is 20.0. The van der Waals surface area contributed by atoms with Crippen LogP contribution in [0, 0.1) is 0 Å². The molecule has 0 bridgehead atoms. The Morgan fingerprint density at radius 1 is 1.48 bits per heavy atom. The lowest BCUT2D eigenvalue weighted by molar-refractivity contribution is -0.118. The van der Waals surface area contributed by atoms with Gasteiger partial charge in [-0.3, -0.25) is 14.5 Å². The Hall–Kier alpha value is -2.45. The molecule has 3 heterocycles. The quantitative estimate of drug-likeness (QED) is 0.740. The first-order chi connectivity index (χ1) is 10.3. The predicted octanol–water partition coefficient (Wildman–Crippen LogP) is 1.27. The number of imidazole rings is 1. The lowest BCUT2D eigenvalue weighted by atomic mass is 10.4. The van der Waals surface area contributed by atoms with E-state index in [1.54, 1.807) is 23.8 Å². The zero-order valence-corrected chi connectivity index (χ0v) is 11.8. The maximum absolute atomic E-state index is 11.8. The van der Waals surface area contributed by atoms with Gasteiger partial charge in [0.15, 0.2) is 23.1 Å². The second kappa shape index (κ2) is 5.90. The van der Waals surface area contributed by atoms with E-state index >= 15 is 0 Å². The molecule has 0 saturated heterocycles. The molecule has 0 aliphatic heterocycles. The van der Waals surface area contributed by atoms with Gasteiger partial charge in [-0.15, -0.1) is 11.3 Å². The highest BCUT2D eigenvalue weighted by Gasteiger charge is 2.10. The zero-order valence-electron chi connectivity index (χ0n) is 11.0. The van der Waals surface area contributed by atoms with E-state index in [0.717, 1.165) is 5.69 Å². The molecule has 21 heavy (non-hydrogen) atoms. The van der Waals surface area contributed by atoms with E-state index in [-0.39, 0.29) is 12.5 Å². The third-order valence-electron chi connectivity index (χ3n) is 2.82. The Balaban J connectivity index is 1.70. The Labute approximate surface area is 124 Å². The summed E-state index contributed by atoms with van der Waals surface area (Å²) in [5.74, 6) is 0.268. The minimum atomic E-state index is -0.266. The molecule has 7 nitrogen and oxygen atoms in total. The Bertz CT molecular complexity index is 753. The number of amides is 1. The van der Waals surface area contributed by atoms with E-state index in [4.69, 9.17) is 10.5 Å². The van der Waals surface area contributed by atoms with Gasteiger partial charge in [0.2, 0.25) is 0 Å². The van der Waals surface area contributed by atoms with Crippen LogP contribution in [0.2, 0.25) is 0 Å². The summed E-state index contributed by atoms with van der Waals surface area (Å²) < 4.78 is 7.37. The fraction of sp³-hybridized carbons (Fsp3) is 0.154. The number of nitrogens with zero attached hydrogens (tertiary/aromatic N) is 3. The number of anilines is 1. The maximum atomic E-state index is 11.8. The van der Waals surface area contributed by atoms with E-state index in [0.29, 0.717) is 23.1 Å². The Morgan fingerprint density at radius 3 is 3.14 bits per heavy atom. The van der Waals surface area contributed by atoms with E-state index in [1.165, 1.54) is 11.3 Å². The number of nitrogens with two attached hydrogens (primary N) is 1. The number of thiazole rings is 1. The average Bonchev–Trinajstić information content (AvgIpc) is 3.14. The summed E-state index contributed by atoms with van der Waals surface area (Å²) >= 11 is 1.35. The summed E-state index contributed by atoms with van der Waals surface area (Å²) in [6.07, 6.45) is 5.17. The molecule has 3 aromatic heterocycles. The van der Waals surface area contributed by atoms with Crippen LogP contribution in [-0.4, -0.2) is 26.9 Å². The van der Waals surface area contributed by atoms with E-state index in [2.05, 4.69) is 15.3 Å². The van der Waals surface area contributed by atoms with Gasteiger partial charge in [0.05, 0.1) is 11.9 Å². The molecule has 0 aromatic carbocycles. The van der Waals surface area contributed by atoms with Crippen LogP contribution >= 0.6 is 11.3 Å². The molecule has 1 amide bonds. The third kappa shape index (κ3) is 2.86. The molecule has 8 heteroatoms. The summed E-state index contributed by atoms with van der Waals surface area (Å²) in [5, 5.41) is 4.99. The lowest BCUT2D eigenvalue weighted by Crippen LogP contribution is -2.20. The number of fused-ring (bicyclic) bond motifs is 1. The van der Waals surface area contributed by atoms with E-state index in [1.807, 2.05) is 16.7 Å². The minimum absolute atomic E-state index is 0.107. The van der Waals surface area contributed by atoms with Crippen LogP contribution < -0.4 is 15.8 Å². The first kappa shape index (κ1) is 13.5. The van der Waals surface area contributed by atoms with Gasteiger partial charge < -0.3 is 10.5 Å². The molecule has 0 aliphatic carbocycles. The molecule has 0 atom stereocenters. The van der Waals surface area contributed by atoms with Crippen molar-refractivity contribution in [3.8, 4) is 5.75 Å². The maximum Gasteiger partial charge on any atom is 0.264 e. The number of hydrogen-bond acceptors (Lipinski definition) is 6.